The maximum Gasteiger partial charge on any atom is 0.251 e. The summed E-state index contributed by atoms with van der Waals surface area (Å²) in [5.41, 5.74) is 3.20. The number of sulfonamides is 1. The number of furan rings is 1. The molecular weight excluding hydrogens is 438 g/mol. The molecule has 33 heavy (non-hydrogen) atoms. The predicted octanol–water partition coefficient (Wildman–Crippen LogP) is 3.84. The fourth-order valence-corrected chi connectivity index (χ4v) is 4.30. The van der Waals surface area contributed by atoms with Crippen molar-refractivity contribution >= 4 is 15.9 Å². The van der Waals surface area contributed by atoms with Crippen LogP contribution in [0, 0.1) is 6.92 Å². The molecule has 0 atom stereocenters. The van der Waals surface area contributed by atoms with E-state index in [0.29, 0.717) is 29.5 Å². The zero-order valence-electron chi connectivity index (χ0n) is 19.5. The summed E-state index contributed by atoms with van der Waals surface area (Å²) < 4.78 is 33.1. The number of nitrogens with one attached hydrogen (secondary N) is 2. The summed E-state index contributed by atoms with van der Waals surface area (Å²) in [5.74, 6) is 0.188. The van der Waals surface area contributed by atoms with Gasteiger partial charge in [-0.3, -0.25) is 9.69 Å². The van der Waals surface area contributed by atoms with Crippen LogP contribution in [0.1, 0.15) is 46.7 Å². The van der Waals surface area contributed by atoms with E-state index in [2.05, 4.69) is 41.9 Å². The Labute approximate surface area is 195 Å². The smallest absolute Gasteiger partial charge is 0.251 e. The molecule has 1 heterocycles. The normalized spacial score (nSPS) is 11.8. The lowest BCUT2D eigenvalue weighted by Gasteiger charge is -2.22. The van der Waals surface area contributed by atoms with E-state index in [-0.39, 0.29) is 17.3 Å². The molecule has 8 heteroatoms. The SMILES string of the molecule is Cc1ccc(S(=O)(=O)NCc2ccco2)cc1C(=O)NCc1ccccc1CN(C)C(C)C. The van der Waals surface area contributed by atoms with Crippen molar-refractivity contribution in [3.05, 3.63) is 88.9 Å². The van der Waals surface area contributed by atoms with Gasteiger partial charge in [-0.25, -0.2) is 13.1 Å². The lowest BCUT2D eigenvalue weighted by Crippen LogP contribution is -2.28. The van der Waals surface area contributed by atoms with Crippen molar-refractivity contribution in [3.8, 4) is 0 Å². The molecule has 0 radical (unpaired) electrons. The van der Waals surface area contributed by atoms with Crippen molar-refractivity contribution in [1.29, 1.82) is 0 Å². The van der Waals surface area contributed by atoms with Gasteiger partial charge in [-0.2, -0.15) is 0 Å². The number of rotatable bonds is 10. The van der Waals surface area contributed by atoms with Crippen molar-refractivity contribution in [1.82, 2.24) is 14.9 Å². The van der Waals surface area contributed by atoms with Crippen LogP contribution in [0.2, 0.25) is 0 Å². The van der Waals surface area contributed by atoms with Gasteiger partial charge in [0, 0.05) is 24.7 Å². The molecule has 0 aliphatic heterocycles. The zero-order valence-corrected chi connectivity index (χ0v) is 20.3. The average molecular weight is 470 g/mol. The Hall–Kier alpha value is -2.94. The van der Waals surface area contributed by atoms with Gasteiger partial charge in [-0.1, -0.05) is 30.3 Å². The minimum atomic E-state index is -3.80. The Balaban J connectivity index is 1.72. The highest BCUT2D eigenvalue weighted by Gasteiger charge is 2.19. The van der Waals surface area contributed by atoms with Gasteiger partial charge in [-0.15, -0.1) is 0 Å². The van der Waals surface area contributed by atoms with Gasteiger partial charge in [0.25, 0.3) is 5.91 Å². The molecule has 0 saturated heterocycles. The van der Waals surface area contributed by atoms with Crippen molar-refractivity contribution in [2.45, 2.75) is 51.3 Å². The van der Waals surface area contributed by atoms with E-state index in [1.165, 1.54) is 18.4 Å². The molecule has 0 aliphatic carbocycles. The summed E-state index contributed by atoms with van der Waals surface area (Å²) in [4.78, 5) is 15.2. The monoisotopic (exact) mass is 469 g/mol. The van der Waals surface area contributed by atoms with Crippen LogP contribution in [0.15, 0.2) is 70.2 Å². The second-order valence-corrected chi connectivity index (χ2v) is 10.1. The molecule has 1 amide bonds. The van der Waals surface area contributed by atoms with E-state index in [4.69, 9.17) is 4.42 Å². The van der Waals surface area contributed by atoms with Crippen LogP contribution in [0.5, 0.6) is 0 Å². The summed E-state index contributed by atoms with van der Waals surface area (Å²) in [6.07, 6.45) is 1.48. The van der Waals surface area contributed by atoms with Gasteiger partial charge in [0.15, 0.2) is 0 Å². The minimum Gasteiger partial charge on any atom is -0.468 e. The third kappa shape index (κ3) is 6.54. The first-order chi connectivity index (χ1) is 15.7. The summed E-state index contributed by atoms with van der Waals surface area (Å²) in [6.45, 7) is 7.22. The van der Waals surface area contributed by atoms with E-state index in [1.807, 2.05) is 18.2 Å². The molecule has 0 spiro atoms. The largest absolute Gasteiger partial charge is 0.468 e. The molecular formula is C25H31N3O4S. The molecule has 1 aromatic heterocycles. The van der Waals surface area contributed by atoms with Crippen LogP contribution in [-0.2, 0) is 29.7 Å². The quantitative estimate of drug-likeness (QED) is 0.471. The van der Waals surface area contributed by atoms with Crippen molar-refractivity contribution in [3.63, 3.8) is 0 Å². The Morgan fingerprint density at radius 2 is 1.76 bits per heavy atom. The maximum absolute atomic E-state index is 13.0. The Kier molecular flexibility index (Phi) is 8.07. The van der Waals surface area contributed by atoms with Crippen molar-refractivity contribution < 1.29 is 17.6 Å². The lowest BCUT2D eigenvalue weighted by atomic mass is 10.1. The molecule has 7 nitrogen and oxygen atoms in total. The molecule has 0 unspecified atom stereocenters. The number of carbonyl (C=O) groups excluding carboxylic acids is 1. The van der Waals surface area contributed by atoms with E-state index >= 15 is 0 Å². The van der Waals surface area contributed by atoms with Gasteiger partial charge < -0.3 is 9.73 Å². The number of nitrogens with zero attached hydrogens (tertiary/aromatic N) is 1. The Morgan fingerprint density at radius 1 is 1.03 bits per heavy atom. The van der Waals surface area contributed by atoms with E-state index in [9.17, 15) is 13.2 Å². The van der Waals surface area contributed by atoms with Gasteiger partial charge in [0.1, 0.15) is 5.76 Å². The molecule has 0 bridgehead atoms. The van der Waals surface area contributed by atoms with E-state index in [1.54, 1.807) is 25.1 Å². The number of amides is 1. The van der Waals surface area contributed by atoms with E-state index < -0.39 is 10.0 Å². The molecule has 3 aromatic rings. The number of aryl methyl sites for hydroxylation is 1. The number of hydrogen-bond acceptors (Lipinski definition) is 5. The van der Waals surface area contributed by atoms with Crippen LogP contribution in [0.25, 0.3) is 0 Å². The van der Waals surface area contributed by atoms with Gasteiger partial charge in [-0.05, 0) is 68.8 Å². The topological polar surface area (TPSA) is 91.6 Å². The first-order valence-corrected chi connectivity index (χ1v) is 12.3. The standard InChI is InChI=1S/C25H31N3O4S/c1-18(2)28(4)17-21-9-6-5-8-20(21)15-26-25(29)24-14-23(12-11-19(24)3)33(30,31)27-16-22-10-7-13-32-22/h5-14,18,27H,15-17H2,1-4H3,(H,26,29). The van der Waals surface area contributed by atoms with Crippen LogP contribution in [0.3, 0.4) is 0 Å². The predicted molar refractivity (Wildman–Crippen MR) is 128 cm³/mol. The fourth-order valence-electron chi connectivity index (χ4n) is 3.28. The number of carbonyl (C=O) groups is 1. The van der Waals surface area contributed by atoms with Crippen LogP contribution in [-0.4, -0.2) is 32.3 Å². The third-order valence-electron chi connectivity index (χ3n) is 5.64. The first-order valence-electron chi connectivity index (χ1n) is 10.9. The molecule has 0 fully saturated rings. The van der Waals surface area contributed by atoms with Crippen molar-refractivity contribution in [2.24, 2.45) is 0 Å². The first kappa shape index (κ1) is 24.7. The minimum absolute atomic E-state index is 0.0313. The highest BCUT2D eigenvalue weighted by molar-refractivity contribution is 7.89. The maximum atomic E-state index is 13.0. The Bertz CT molecular complexity index is 1190. The van der Waals surface area contributed by atoms with Crippen molar-refractivity contribution in [2.75, 3.05) is 7.05 Å². The second-order valence-electron chi connectivity index (χ2n) is 8.34. The van der Waals surface area contributed by atoms with Gasteiger partial charge in [0.05, 0.1) is 17.7 Å². The number of hydrogen-bond donors (Lipinski definition) is 2. The zero-order chi connectivity index (χ0) is 24.0. The molecule has 0 aliphatic rings. The molecule has 2 aromatic carbocycles. The second kappa shape index (κ2) is 10.8. The van der Waals surface area contributed by atoms with Crippen LogP contribution < -0.4 is 10.0 Å². The average Bonchev–Trinajstić information content (AvgIpc) is 3.31. The summed E-state index contributed by atoms with van der Waals surface area (Å²) in [5, 5.41) is 2.94. The number of benzene rings is 2. The molecule has 2 N–H and O–H groups in total. The summed E-state index contributed by atoms with van der Waals surface area (Å²) in [7, 11) is -1.74. The Morgan fingerprint density at radius 3 is 2.42 bits per heavy atom. The third-order valence-corrected chi connectivity index (χ3v) is 7.04. The van der Waals surface area contributed by atoms with E-state index in [0.717, 1.165) is 17.7 Å². The van der Waals surface area contributed by atoms with Gasteiger partial charge in [0.2, 0.25) is 10.0 Å². The molecule has 3 rings (SSSR count). The lowest BCUT2D eigenvalue weighted by molar-refractivity contribution is 0.0950. The molecule has 176 valence electrons. The van der Waals surface area contributed by atoms with Crippen LogP contribution in [0.4, 0.5) is 0 Å². The summed E-state index contributed by atoms with van der Waals surface area (Å²) in [6, 6.07) is 16.3. The van der Waals surface area contributed by atoms with Crippen LogP contribution >= 0.6 is 0 Å². The molecule has 0 saturated carbocycles. The summed E-state index contributed by atoms with van der Waals surface area (Å²) >= 11 is 0. The van der Waals surface area contributed by atoms with Gasteiger partial charge >= 0.3 is 0 Å². The highest BCUT2D eigenvalue weighted by Crippen LogP contribution is 2.17. The fraction of sp³-hybridized carbons (Fsp3) is 0.320. The highest BCUT2D eigenvalue weighted by atomic mass is 32.2.